The summed E-state index contributed by atoms with van der Waals surface area (Å²) >= 11 is 0. The van der Waals surface area contributed by atoms with E-state index < -0.39 is 7.82 Å². The van der Waals surface area contributed by atoms with Crippen LogP contribution in [-0.4, -0.2) is 44.4 Å². The Labute approximate surface area is 96.9 Å². The Hall–Kier alpha value is 0.0300. The zero-order chi connectivity index (χ0) is 12.4. The molecule has 16 heavy (non-hydrogen) atoms. The van der Waals surface area contributed by atoms with Crippen molar-refractivity contribution in [1.82, 2.24) is 5.32 Å². The molecular formula is C9H22NO5P. The molecule has 0 spiro atoms. The third-order valence-corrected chi connectivity index (χ3v) is 2.79. The summed E-state index contributed by atoms with van der Waals surface area (Å²) in [6.45, 7) is 5.96. The smallest absolute Gasteiger partial charge is 0.375 e. The third kappa shape index (κ3) is 8.21. The highest BCUT2D eigenvalue weighted by Crippen LogP contribution is 2.41. The Morgan fingerprint density at radius 2 is 2.12 bits per heavy atom. The molecule has 6 nitrogen and oxygen atoms in total. The Bertz CT molecular complexity index is 214. The van der Waals surface area contributed by atoms with Gasteiger partial charge in [0.05, 0.1) is 12.7 Å². The van der Waals surface area contributed by atoms with Crippen LogP contribution in [0.5, 0.6) is 0 Å². The summed E-state index contributed by atoms with van der Waals surface area (Å²) in [4.78, 5) is 9.05. The van der Waals surface area contributed by atoms with Crippen LogP contribution in [0, 0.1) is 0 Å². The Kier molecular flexibility index (Phi) is 9.12. The lowest BCUT2D eigenvalue weighted by molar-refractivity contribution is 0.0176. The summed E-state index contributed by atoms with van der Waals surface area (Å²) in [5.74, 6) is 0. The van der Waals surface area contributed by atoms with Crippen molar-refractivity contribution in [3.05, 3.63) is 0 Å². The van der Waals surface area contributed by atoms with Gasteiger partial charge >= 0.3 is 7.82 Å². The fourth-order valence-corrected chi connectivity index (χ4v) is 1.53. The largest absolute Gasteiger partial charge is 0.472 e. The summed E-state index contributed by atoms with van der Waals surface area (Å²) in [5.41, 5.74) is 0. The van der Waals surface area contributed by atoms with Gasteiger partial charge in [0.25, 0.3) is 0 Å². The number of ether oxygens (including phenoxy) is 1. The second-order valence-corrected chi connectivity index (χ2v) is 4.79. The quantitative estimate of drug-likeness (QED) is 0.450. The second-order valence-electron chi connectivity index (χ2n) is 3.23. The minimum absolute atomic E-state index is 0.0339. The van der Waals surface area contributed by atoms with E-state index in [1.54, 1.807) is 0 Å². The van der Waals surface area contributed by atoms with Crippen LogP contribution in [0.15, 0.2) is 0 Å². The van der Waals surface area contributed by atoms with Gasteiger partial charge in [-0.1, -0.05) is 6.92 Å². The maximum atomic E-state index is 11.1. The van der Waals surface area contributed by atoms with E-state index in [0.717, 1.165) is 20.1 Å². The zero-order valence-corrected chi connectivity index (χ0v) is 11.0. The molecule has 0 radical (unpaired) electrons. The Balaban J connectivity index is 3.88. The van der Waals surface area contributed by atoms with Crippen molar-refractivity contribution < 1.29 is 23.2 Å². The molecule has 98 valence electrons. The van der Waals surface area contributed by atoms with Gasteiger partial charge in [-0.15, -0.1) is 0 Å². The van der Waals surface area contributed by atoms with Gasteiger partial charge in [-0.2, -0.15) is 0 Å². The van der Waals surface area contributed by atoms with Crippen LogP contribution in [0.25, 0.3) is 0 Å². The molecule has 0 aliphatic rings. The van der Waals surface area contributed by atoms with Gasteiger partial charge in [0.1, 0.15) is 0 Å². The molecule has 0 amide bonds. The van der Waals surface area contributed by atoms with E-state index in [9.17, 15) is 4.57 Å². The molecule has 7 heteroatoms. The van der Waals surface area contributed by atoms with Crippen LogP contribution in [0.4, 0.5) is 0 Å². The van der Waals surface area contributed by atoms with Crippen molar-refractivity contribution in [3.8, 4) is 0 Å². The van der Waals surface area contributed by atoms with Gasteiger partial charge < -0.3 is 14.9 Å². The molecule has 0 saturated carbocycles. The maximum Gasteiger partial charge on any atom is 0.472 e. The minimum Gasteiger partial charge on any atom is -0.375 e. The number of hydrogen-bond donors (Lipinski definition) is 2. The first-order chi connectivity index (χ1) is 7.55. The first-order valence-electron chi connectivity index (χ1n) is 5.41. The molecule has 0 saturated heterocycles. The van der Waals surface area contributed by atoms with Crippen molar-refractivity contribution >= 4 is 7.82 Å². The van der Waals surface area contributed by atoms with Crippen LogP contribution in [-0.2, 0) is 18.3 Å². The predicted molar refractivity (Wildman–Crippen MR) is 61.4 cm³/mol. The van der Waals surface area contributed by atoms with Gasteiger partial charge in [0.2, 0.25) is 0 Å². The Morgan fingerprint density at radius 1 is 1.44 bits per heavy atom. The van der Waals surface area contributed by atoms with Crippen LogP contribution >= 0.6 is 7.82 Å². The van der Waals surface area contributed by atoms with Crippen LogP contribution in [0.2, 0.25) is 0 Å². The van der Waals surface area contributed by atoms with Crippen LogP contribution in [0.1, 0.15) is 20.3 Å². The van der Waals surface area contributed by atoms with Gasteiger partial charge in [-0.25, -0.2) is 4.57 Å². The number of phosphoric acid groups is 1. The predicted octanol–water partition coefficient (Wildman–Crippen LogP) is 1.15. The van der Waals surface area contributed by atoms with E-state index >= 15 is 0 Å². The molecule has 0 heterocycles. The van der Waals surface area contributed by atoms with Gasteiger partial charge in [-0.3, -0.25) is 9.05 Å². The number of phosphoric ester groups is 1. The fourth-order valence-electron chi connectivity index (χ4n) is 1.07. The highest BCUT2D eigenvalue weighted by Gasteiger charge is 2.21. The molecule has 0 aromatic heterocycles. The van der Waals surface area contributed by atoms with Crippen LogP contribution in [0.3, 0.4) is 0 Å². The Morgan fingerprint density at radius 3 is 2.62 bits per heavy atom. The molecule has 0 aromatic carbocycles. The summed E-state index contributed by atoms with van der Waals surface area (Å²) in [5, 5.41) is 3.16. The highest BCUT2D eigenvalue weighted by atomic mass is 31.2. The molecule has 0 aliphatic heterocycles. The van der Waals surface area contributed by atoms with Crippen molar-refractivity contribution in [2.24, 2.45) is 0 Å². The molecule has 0 aliphatic carbocycles. The standard InChI is InChI=1S/C9H22NO5P/c1-4-6-10-7-9(14-5-2)8-15-16(11,12)13-3/h9-10H,4-8H2,1-3H3,(H,11,12). The van der Waals surface area contributed by atoms with Gasteiger partial charge in [-0.05, 0) is 19.9 Å². The summed E-state index contributed by atoms with van der Waals surface area (Å²) in [6, 6.07) is 0. The fraction of sp³-hybridized carbons (Fsp3) is 1.00. The van der Waals surface area contributed by atoms with E-state index in [2.05, 4.69) is 16.8 Å². The molecular weight excluding hydrogens is 233 g/mol. The molecule has 0 bridgehead atoms. The second kappa shape index (κ2) is 9.10. The summed E-state index contributed by atoms with van der Waals surface area (Å²) in [6.07, 6.45) is 0.781. The molecule has 0 aromatic rings. The summed E-state index contributed by atoms with van der Waals surface area (Å²) in [7, 11) is -2.77. The van der Waals surface area contributed by atoms with Crippen molar-refractivity contribution in [2.45, 2.75) is 26.4 Å². The van der Waals surface area contributed by atoms with Crippen LogP contribution < -0.4 is 5.32 Å². The molecule has 0 rings (SSSR count). The van der Waals surface area contributed by atoms with Crippen molar-refractivity contribution in [2.75, 3.05) is 33.4 Å². The van der Waals surface area contributed by atoms with E-state index in [0.29, 0.717) is 13.2 Å². The monoisotopic (exact) mass is 255 g/mol. The SMILES string of the molecule is CCCNCC(COP(=O)(O)OC)OCC. The first kappa shape index (κ1) is 16.0. The van der Waals surface area contributed by atoms with Crippen molar-refractivity contribution in [1.29, 1.82) is 0 Å². The minimum atomic E-state index is -3.90. The normalized spacial score (nSPS) is 17.0. The zero-order valence-electron chi connectivity index (χ0n) is 10.1. The highest BCUT2D eigenvalue weighted by molar-refractivity contribution is 7.47. The topological polar surface area (TPSA) is 77.0 Å². The van der Waals surface area contributed by atoms with E-state index in [1.807, 2.05) is 6.92 Å². The van der Waals surface area contributed by atoms with Crippen molar-refractivity contribution in [3.63, 3.8) is 0 Å². The number of hydrogen-bond acceptors (Lipinski definition) is 5. The average molecular weight is 255 g/mol. The van der Waals surface area contributed by atoms with E-state index in [-0.39, 0.29) is 12.7 Å². The molecule has 0 fully saturated rings. The average Bonchev–Trinajstić information content (AvgIpc) is 2.26. The van der Waals surface area contributed by atoms with E-state index in [4.69, 9.17) is 14.2 Å². The molecule has 2 atom stereocenters. The summed E-state index contributed by atoms with van der Waals surface area (Å²) < 4.78 is 25.5. The lowest BCUT2D eigenvalue weighted by Crippen LogP contribution is -2.33. The molecule has 2 N–H and O–H groups in total. The lowest BCUT2D eigenvalue weighted by atomic mass is 10.3. The van der Waals surface area contributed by atoms with Gasteiger partial charge in [0, 0.05) is 20.3 Å². The number of nitrogens with one attached hydrogen (secondary N) is 1. The third-order valence-electron chi connectivity index (χ3n) is 1.86. The first-order valence-corrected chi connectivity index (χ1v) is 6.90. The maximum absolute atomic E-state index is 11.1. The lowest BCUT2D eigenvalue weighted by Gasteiger charge is -2.18. The van der Waals surface area contributed by atoms with Gasteiger partial charge in [0.15, 0.2) is 0 Å². The molecule has 2 unspecified atom stereocenters. The number of rotatable bonds is 10. The van der Waals surface area contributed by atoms with E-state index in [1.165, 1.54) is 0 Å².